The Bertz CT molecular complexity index is 362. The summed E-state index contributed by atoms with van der Waals surface area (Å²) in [6, 6.07) is 2.01. The molecule has 1 aliphatic rings. The van der Waals surface area contributed by atoms with Crippen LogP contribution in [0.5, 0.6) is 0 Å². The number of aromatic nitrogens is 1. The lowest BCUT2D eigenvalue weighted by molar-refractivity contribution is -0.0896. The van der Waals surface area contributed by atoms with Crippen molar-refractivity contribution in [3.8, 4) is 0 Å². The van der Waals surface area contributed by atoms with Gasteiger partial charge in [-0.3, -0.25) is 4.90 Å². The molecule has 0 aromatic carbocycles. The van der Waals surface area contributed by atoms with Crippen LogP contribution in [0.15, 0.2) is 10.6 Å². The fourth-order valence-electron chi connectivity index (χ4n) is 2.16. The zero-order valence-electron chi connectivity index (χ0n) is 10.8. The Morgan fingerprint density at radius 3 is 3.06 bits per heavy atom. The summed E-state index contributed by atoms with van der Waals surface area (Å²) >= 11 is 0. The molecule has 2 rings (SSSR count). The average Bonchev–Trinajstić information content (AvgIpc) is 2.64. The summed E-state index contributed by atoms with van der Waals surface area (Å²) in [5.41, 5.74) is 0.890. The van der Waals surface area contributed by atoms with E-state index in [0.29, 0.717) is 0 Å². The zero-order valence-corrected chi connectivity index (χ0v) is 10.8. The van der Waals surface area contributed by atoms with Gasteiger partial charge in [0.1, 0.15) is 0 Å². The molecule has 1 saturated heterocycles. The maximum absolute atomic E-state index is 5.68. The van der Waals surface area contributed by atoms with Crippen molar-refractivity contribution in [2.24, 2.45) is 0 Å². The van der Waals surface area contributed by atoms with Gasteiger partial charge in [-0.2, -0.15) is 0 Å². The maximum Gasteiger partial charge on any atom is 0.151 e. The van der Waals surface area contributed by atoms with Gasteiger partial charge < -0.3 is 14.6 Å². The van der Waals surface area contributed by atoms with Crippen LogP contribution in [0.3, 0.4) is 0 Å². The van der Waals surface area contributed by atoms with Crippen LogP contribution in [-0.2, 0) is 17.8 Å². The molecule has 1 N–H and O–H groups in total. The Morgan fingerprint density at radius 1 is 1.53 bits per heavy atom. The Balaban J connectivity index is 1.91. The standard InChI is InChI=1S/C12H21N3O2/c1-12(2)9-15(4-5-16-12)8-11-6-10(7-13-3)14-17-11/h6,13H,4-5,7-9H2,1-3H3. The van der Waals surface area contributed by atoms with E-state index in [1.807, 2.05) is 13.1 Å². The van der Waals surface area contributed by atoms with E-state index in [2.05, 4.69) is 29.2 Å². The Hall–Kier alpha value is -0.910. The van der Waals surface area contributed by atoms with Gasteiger partial charge in [-0.25, -0.2) is 0 Å². The van der Waals surface area contributed by atoms with Gasteiger partial charge >= 0.3 is 0 Å². The van der Waals surface area contributed by atoms with Crippen molar-refractivity contribution in [3.05, 3.63) is 17.5 Å². The third-order valence-corrected chi connectivity index (χ3v) is 2.85. The third-order valence-electron chi connectivity index (χ3n) is 2.85. The molecule has 17 heavy (non-hydrogen) atoms. The van der Waals surface area contributed by atoms with Crippen LogP contribution < -0.4 is 5.32 Å². The predicted octanol–water partition coefficient (Wildman–Crippen LogP) is 1.00. The van der Waals surface area contributed by atoms with E-state index in [4.69, 9.17) is 9.26 Å². The number of hydrogen-bond acceptors (Lipinski definition) is 5. The highest BCUT2D eigenvalue weighted by Gasteiger charge is 2.27. The van der Waals surface area contributed by atoms with Crippen molar-refractivity contribution in [1.82, 2.24) is 15.4 Å². The first kappa shape index (κ1) is 12.5. The third kappa shape index (κ3) is 3.52. The Kier molecular flexibility index (Phi) is 3.81. The predicted molar refractivity (Wildman–Crippen MR) is 64.6 cm³/mol. The van der Waals surface area contributed by atoms with Gasteiger partial charge in [0.05, 0.1) is 24.4 Å². The molecule has 96 valence electrons. The van der Waals surface area contributed by atoms with Crippen molar-refractivity contribution < 1.29 is 9.26 Å². The van der Waals surface area contributed by atoms with Gasteiger partial charge in [-0.15, -0.1) is 0 Å². The van der Waals surface area contributed by atoms with Gasteiger partial charge in [-0.1, -0.05) is 5.16 Å². The van der Waals surface area contributed by atoms with E-state index in [-0.39, 0.29) is 5.60 Å². The molecule has 5 heteroatoms. The van der Waals surface area contributed by atoms with E-state index in [1.54, 1.807) is 0 Å². The van der Waals surface area contributed by atoms with Gasteiger partial charge in [0, 0.05) is 25.7 Å². The molecule has 0 radical (unpaired) electrons. The molecule has 0 unspecified atom stereocenters. The molecule has 0 saturated carbocycles. The molecule has 1 fully saturated rings. The maximum atomic E-state index is 5.68. The van der Waals surface area contributed by atoms with Crippen molar-refractivity contribution in [2.75, 3.05) is 26.7 Å². The van der Waals surface area contributed by atoms with Crippen LogP contribution in [0.4, 0.5) is 0 Å². The summed E-state index contributed by atoms with van der Waals surface area (Å²) in [5, 5.41) is 7.07. The van der Waals surface area contributed by atoms with Gasteiger partial charge in [-0.05, 0) is 20.9 Å². The second-order valence-electron chi connectivity index (χ2n) is 5.13. The van der Waals surface area contributed by atoms with Gasteiger partial charge in [0.25, 0.3) is 0 Å². The second-order valence-corrected chi connectivity index (χ2v) is 5.13. The largest absolute Gasteiger partial charge is 0.373 e. The molecule has 0 atom stereocenters. The molecule has 5 nitrogen and oxygen atoms in total. The molecular formula is C12H21N3O2. The van der Waals surface area contributed by atoms with E-state index < -0.39 is 0 Å². The first-order valence-corrected chi connectivity index (χ1v) is 6.04. The molecule has 0 bridgehead atoms. The normalized spacial score (nSPS) is 20.6. The molecule has 1 aliphatic heterocycles. The molecular weight excluding hydrogens is 218 g/mol. The summed E-state index contributed by atoms with van der Waals surface area (Å²) in [6.07, 6.45) is 0. The summed E-state index contributed by atoms with van der Waals surface area (Å²) in [6.45, 7) is 8.45. The molecule has 0 aliphatic carbocycles. The summed E-state index contributed by atoms with van der Waals surface area (Å²) in [7, 11) is 1.90. The smallest absolute Gasteiger partial charge is 0.151 e. The SMILES string of the molecule is CNCc1cc(CN2CCOC(C)(C)C2)on1. The first-order chi connectivity index (χ1) is 8.09. The highest BCUT2D eigenvalue weighted by atomic mass is 16.5. The average molecular weight is 239 g/mol. The minimum Gasteiger partial charge on any atom is -0.373 e. The van der Waals surface area contributed by atoms with Crippen LogP contribution in [-0.4, -0.2) is 42.4 Å². The quantitative estimate of drug-likeness (QED) is 0.849. The molecule has 0 amide bonds. The van der Waals surface area contributed by atoms with Crippen LogP contribution in [0, 0.1) is 0 Å². The molecule has 1 aromatic rings. The van der Waals surface area contributed by atoms with Crippen molar-refractivity contribution in [1.29, 1.82) is 0 Å². The van der Waals surface area contributed by atoms with Gasteiger partial charge in [0.15, 0.2) is 5.76 Å². The Morgan fingerprint density at radius 2 is 2.35 bits per heavy atom. The number of ether oxygens (including phenoxy) is 1. The highest BCUT2D eigenvalue weighted by molar-refractivity contribution is 5.05. The fourth-order valence-corrected chi connectivity index (χ4v) is 2.16. The van der Waals surface area contributed by atoms with E-state index >= 15 is 0 Å². The van der Waals surface area contributed by atoms with Crippen LogP contribution in [0.1, 0.15) is 25.3 Å². The molecule has 2 heterocycles. The van der Waals surface area contributed by atoms with Crippen LogP contribution >= 0.6 is 0 Å². The van der Waals surface area contributed by atoms with E-state index in [9.17, 15) is 0 Å². The molecule has 0 spiro atoms. The topological polar surface area (TPSA) is 50.5 Å². The lowest BCUT2D eigenvalue weighted by atomic mass is 10.1. The number of morpholine rings is 1. The first-order valence-electron chi connectivity index (χ1n) is 6.04. The minimum absolute atomic E-state index is 0.0634. The minimum atomic E-state index is -0.0634. The number of nitrogens with one attached hydrogen (secondary N) is 1. The number of hydrogen-bond donors (Lipinski definition) is 1. The van der Waals surface area contributed by atoms with E-state index in [1.165, 1.54) is 0 Å². The number of nitrogens with zero attached hydrogens (tertiary/aromatic N) is 2. The summed E-state index contributed by atoms with van der Waals surface area (Å²) in [5.74, 6) is 0.924. The van der Waals surface area contributed by atoms with Crippen LogP contribution in [0.2, 0.25) is 0 Å². The van der Waals surface area contributed by atoms with Gasteiger partial charge in [0.2, 0.25) is 0 Å². The lowest BCUT2D eigenvalue weighted by Gasteiger charge is -2.37. The lowest BCUT2D eigenvalue weighted by Crippen LogP contribution is -2.47. The van der Waals surface area contributed by atoms with Crippen molar-refractivity contribution in [2.45, 2.75) is 32.5 Å². The monoisotopic (exact) mass is 239 g/mol. The van der Waals surface area contributed by atoms with Crippen molar-refractivity contribution in [3.63, 3.8) is 0 Å². The zero-order chi connectivity index (χ0) is 12.3. The van der Waals surface area contributed by atoms with E-state index in [0.717, 1.165) is 44.2 Å². The summed E-state index contributed by atoms with van der Waals surface area (Å²) in [4.78, 5) is 2.34. The Labute approximate surface area is 102 Å². The molecule has 1 aromatic heterocycles. The highest BCUT2D eigenvalue weighted by Crippen LogP contribution is 2.18. The fraction of sp³-hybridized carbons (Fsp3) is 0.750. The summed E-state index contributed by atoms with van der Waals surface area (Å²) < 4.78 is 11.0. The second kappa shape index (κ2) is 5.16. The number of rotatable bonds is 4. The van der Waals surface area contributed by atoms with Crippen LogP contribution in [0.25, 0.3) is 0 Å². The van der Waals surface area contributed by atoms with Crippen molar-refractivity contribution >= 4 is 0 Å².